The Bertz CT molecular complexity index is 1340. The monoisotopic (exact) mass is 544 g/mol. The highest BCUT2D eigenvalue weighted by Gasteiger charge is 2.57. The smallest absolute Gasteiger partial charge is 0.412 e. The average Bonchev–Trinajstić information content (AvgIpc) is 3.13. The number of sulfone groups is 1. The van der Waals surface area contributed by atoms with Crippen molar-refractivity contribution in [3.05, 3.63) is 54.1 Å². The number of hydrogen-bond acceptors (Lipinski definition) is 8. The fraction of sp³-hybridized carbons (Fsp3) is 0.346. The van der Waals surface area contributed by atoms with E-state index in [4.69, 9.17) is 9.47 Å². The molecule has 0 saturated carbocycles. The second kappa shape index (κ2) is 11.3. The van der Waals surface area contributed by atoms with Crippen molar-refractivity contribution in [1.29, 1.82) is 0 Å². The number of nitrogens with one attached hydrogen (secondary N) is 2. The van der Waals surface area contributed by atoms with Gasteiger partial charge < -0.3 is 9.47 Å². The number of hydrogen-bond donors (Lipinski definition) is 2. The van der Waals surface area contributed by atoms with Crippen LogP contribution in [-0.2, 0) is 19.4 Å². The molecule has 1 heterocycles. The number of anilines is 1. The molecule has 2 N–H and O–H groups in total. The van der Waals surface area contributed by atoms with Crippen molar-refractivity contribution in [1.82, 2.24) is 5.32 Å². The minimum atomic E-state index is -4.19. The summed E-state index contributed by atoms with van der Waals surface area (Å²) in [7, 11) is -2.73. The van der Waals surface area contributed by atoms with E-state index in [1.165, 1.54) is 31.4 Å². The maximum absolute atomic E-state index is 13.4. The molecule has 3 amide bonds. The van der Waals surface area contributed by atoms with E-state index in [-0.39, 0.29) is 17.7 Å². The highest BCUT2D eigenvalue weighted by molar-refractivity contribution is 8.25. The summed E-state index contributed by atoms with van der Waals surface area (Å²) >= 11 is 0.485. The van der Waals surface area contributed by atoms with Gasteiger partial charge in [-0.2, -0.15) is 0 Å². The molecule has 196 valence electrons. The van der Waals surface area contributed by atoms with E-state index >= 15 is 0 Å². The van der Waals surface area contributed by atoms with Crippen LogP contribution >= 0.6 is 11.8 Å². The third-order valence-corrected chi connectivity index (χ3v) is 9.26. The molecule has 37 heavy (non-hydrogen) atoms. The van der Waals surface area contributed by atoms with Crippen molar-refractivity contribution in [3.8, 4) is 17.6 Å². The van der Waals surface area contributed by atoms with Gasteiger partial charge in [0.25, 0.3) is 11.1 Å². The summed E-state index contributed by atoms with van der Waals surface area (Å²) in [5.41, 5.74) is 0.644. The topological polar surface area (TPSA) is 128 Å². The molecule has 1 fully saturated rings. The van der Waals surface area contributed by atoms with Gasteiger partial charge in [-0.15, -0.1) is 0 Å². The minimum Gasteiger partial charge on any atom is -0.497 e. The van der Waals surface area contributed by atoms with Crippen LogP contribution < -0.4 is 15.4 Å². The quantitative estimate of drug-likeness (QED) is 0.379. The van der Waals surface area contributed by atoms with Crippen LogP contribution in [0.1, 0.15) is 45.6 Å². The number of unbranched alkanes of at least 4 members (excludes halogenated alkanes) is 1. The van der Waals surface area contributed by atoms with Crippen LogP contribution in [0.5, 0.6) is 5.75 Å². The van der Waals surface area contributed by atoms with Gasteiger partial charge in [-0.1, -0.05) is 11.8 Å². The highest BCUT2D eigenvalue weighted by atomic mass is 32.3. The molecule has 3 rings (SSSR count). The van der Waals surface area contributed by atoms with Gasteiger partial charge >= 0.3 is 6.09 Å². The lowest BCUT2D eigenvalue weighted by Crippen LogP contribution is -2.43. The van der Waals surface area contributed by atoms with E-state index in [9.17, 15) is 22.8 Å². The first-order chi connectivity index (χ1) is 17.4. The van der Waals surface area contributed by atoms with Crippen molar-refractivity contribution in [3.63, 3.8) is 0 Å². The molecule has 1 aliphatic heterocycles. The Morgan fingerprint density at radius 3 is 2.27 bits per heavy atom. The number of methoxy groups -OCH3 is 1. The zero-order valence-electron chi connectivity index (χ0n) is 20.9. The Morgan fingerprint density at radius 1 is 1.08 bits per heavy atom. The number of amides is 3. The van der Waals surface area contributed by atoms with Crippen LogP contribution in [0.4, 0.5) is 15.3 Å². The van der Waals surface area contributed by atoms with Crippen molar-refractivity contribution in [2.45, 2.75) is 54.6 Å². The van der Waals surface area contributed by atoms with Crippen molar-refractivity contribution in [2.75, 3.05) is 12.4 Å². The van der Waals surface area contributed by atoms with Crippen LogP contribution in [-0.4, -0.2) is 42.4 Å². The lowest BCUT2D eigenvalue weighted by atomic mass is 10.1. The number of thioether (sulfide) groups is 1. The summed E-state index contributed by atoms with van der Waals surface area (Å²) < 4.78 is 35.2. The molecule has 1 saturated heterocycles. The van der Waals surface area contributed by atoms with Gasteiger partial charge in [0.1, 0.15) is 11.4 Å². The van der Waals surface area contributed by atoms with Crippen molar-refractivity contribution in [2.24, 2.45) is 0 Å². The van der Waals surface area contributed by atoms with E-state index in [1.54, 1.807) is 45.0 Å². The molecular weight excluding hydrogens is 516 g/mol. The van der Waals surface area contributed by atoms with Gasteiger partial charge in [-0.3, -0.25) is 20.2 Å². The van der Waals surface area contributed by atoms with Crippen molar-refractivity contribution < 1.29 is 32.3 Å². The molecule has 1 aliphatic rings. The molecule has 0 aliphatic carbocycles. The van der Waals surface area contributed by atoms with Gasteiger partial charge in [0.15, 0.2) is 0 Å². The van der Waals surface area contributed by atoms with Gasteiger partial charge in [0.05, 0.1) is 12.0 Å². The van der Waals surface area contributed by atoms with Crippen molar-refractivity contribution >= 4 is 44.5 Å². The van der Waals surface area contributed by atoms with Gasteiger partial charge in [-0.05, 0) is 93.9 Å². The predicted octanol–water partition coefficient (Wildman–Crippen LogP) is 4.72. The van der Waals surface area contributed by atoms with E-state index in [0.717, 1.165) is 0 Å². The second-order valence-electron chi connectivity index (χ2n) is 9.14. The minimum absolute atomic E-state index is 0.0724. The summed E-state index contributed by atoms with van der Waals surface area (Å²) in [6.07, 6.45) is -0.0669. The molecular formula is C26H28N2O7S2. The Kier molecular flexibility index (Phi) is 8.56. The van der Waals surface area contributed by atoms with Crippen LogP contribution in [0, 0.1) is 11.8 Å². The normalized spacial score (nSPS) is 17.4. The number of carbonyl (C=O) groups excluding carboxylic acids is 3. The molecule has 0 aromatic heterocycles. The standard InChI is InChI=1S/C26H28N2O7S2/c1-25(2,3)35-23(30)27-19-11-9-18(10-12-19)8-6-5-7-17-26(22(29)28-24(31)36-26)37(32,33)21-15-13-20(34-4)14-16-21/h9-16H,5,7,17H2,1-4H3,(H,27,30)(H,28,29,31). The van der Waals surface area contributed by atoms with Gasteiger partial charge in [0, 0.05) is 17.7 Å². The fourth-order valence-corrected chi connectivity index (χ4v) is 6.83. The number of ether oxygens (including phenoxy) is 2. The van der Waals surface area contributed by atoms with E-state index < -0.39 is 36.8 Å². The lowest BCUT2D eigenvalue weighted by molar-refractivity contribution is -0.120. The zero-order valence-corrected chi connectivity index (χ0v) is 22.5. The molecule has 9 nitrogen and oxygen atoms in total. The summed E-state index contributed by atoms with van der Waals surface area (Å²) in [5.74, 6) is 5.56. The summed E-state index contributed by atoms with van der Waals surface area (Å²) in [6.45, 7) is 5.33. The molecule has 0 bridgehead atoms. The fourth-order valence-electron chi connectivity index (χ4n) is 3.46. The lowest BCUT2D eigenvalue weighted by Gasteiger charge is -2.24. The highest BCUT2D eigenvalue weighted by Crippen LogP contribution is 2.44. The zero-order chi connectivity index (χ0) is 27.3. The first-order valence-electron chi connectivity index (χ1n) is 11.4. The van der Waals surface area contributed by atoms with E-state index in [1.807, 2.05) is 0 Å². The Hall–Kier alpha value is -3.49. The first-order valence-corrected chi connectivity index (χ1v) is 13.7. The van der Waals surface area contributed by atoms with E-state index in [0.29, 0.717) is 35.2 Å². The van der Waals surface area contributed by atoms with Crippen LogP contribution in [0.2, 0.25) is 0 Å². The molecule has 11 heteroatoms. The van der Waals surface area contributed by atoms with Crippen LogP contribution in [0.15, 0.2) is 53.4 Å². The Balaban J connectivity index is 1.65. The Labute approximate surface area is 220 Å². The number of rotatable bonds is 7. The molecule has 1 atom stereocenters. The van der Waals surface area contributed by atoms with Crippen LogP contribution in [0.3, 0.4) is 0 Å². The van der Waals surface area contributed by atoms with Crippen LogP contribution in [0.25, 0.3) is 0 Å². The second-order valence-corrected chi connectivity index (χ2v) is 12.8. The largest absolute Gasteiger partial charge is 0.497 e. The number of imide groups is 1. The Morgan fingerprint density at radius 2 is 1.73 bits per heavy atom. The molecule has 2 aromatic rings. The maximum Gasteiger partial charge on any atom is 0.412 e. The number of benzene rings is 2. The summed E-state index contributed by atoms with van der Waals surface area (Å²) in [4.78, 5) is 36.4. The number of carbonyl (C=O) groups is 3. The average molecular weight is 545 g/mol. The summed E-state index contributed by atoms with van der Waals surface area (Å²) in [5, 5.41) is 4.05. The third kappa shape index (κ3) is 6.84. The molecule has 2 aromatic carbocycles. The van der Waals surface area contributed by atoms with Gasteiger partial charge in [0.2, 0.25) is 13.9 Å². The molecule has 0 spiro atoms. The molecule has 0 radical (unpaired) electrons. The molecule has 1 unspecified atom stereocenters. The predicted molar refractivity (Wildman–Crippen MR) is 141 cm³/mol. The summed E-state index contributed by atoms with van der Waals surface area (Å²) in [6, 6.07) is 12.5. The van der Waals surface area contributed by atoms with Gasteiger partial charge in [-0.25, -0.2) is 13.2 Å². The first kappa shape index (κ1) is 28.1. The maximum atomic E-state index is 13.4. The van der Waals surface area contributed by atoms with E-state index in [2.05, 4.69) is 22.5 Å². The third-order valence-electron chi connectivity index (χ3n) is 5.19. The SMILES string of the molecule is COc1ccc(S(=O)(=O)C2(CCCC#Cc3ccc(NC(=O)OC(C)(C)C)cc3)SC(=O)NC2=O)cc1.